The lowest BCUT2D eigenvalue weighted by atomic mass is 10.1. The van der Waals surface area contributed by atoms with E-state index in [0.717, 1.165) is 10.5 Å². The molecule has 1 aromatic rings. The molecule has 140 valence electrons. The van der Waals surface area contributed by atoms with E-state index in [1.807, 2.05) is 19.1 Å². The molecule has 0 aromatic heterocycles. The lowest BCUT2D eigenvalue weighted by Crippen LogP contribution is -2.40. The van der Waals surface area contributed by atoms with Gasteiger partial charge in [-0.15, -0.1) is 0 Å². The number of urea groups is 1. The van der Waals surface area contributed by atoms with Gasteiger partial charge in [-0.25, -0.2) is 4.79 Å². The summed E-state index contributed by atoms with van der Waals surface area (Å²) in [7, 11) is 0. The molecule has 2 N–H and O–H groups in total. The molecule has 0 unspecified atom stereocenters. The van der Waals surface area contributed by atoms with Gasteiger partial charge in [0, 0.05) is 18.7 Å². The molecule has 8 nitrogen and oxygen atoms in total. The van der Waals surface area contributed by atoms with Gasteiger partial charge in [0.15, 0.2) is 6.61 Å². The van der Waals surface area contributed by atoms with E-state index in [1.165, 1.54) is 0 Å². The summed E-state index contributed by atoms with van der Waals surface area (Å²) in [5.74, 6) is -1.32. The Balaban J connectivity index is 1.68. The molecule has 1 saturated heterocycles. The highest BCUT2D eigenvalue weighted by molar-refractivity contribution is 6.06. The molecule has 1 fully saturated rings. The van der Waals surface area contributed by atoms with Crippen LogP contribution >= 0.6 is 0 Å². The van der Waals surface area contributed by atoms with Crippen LogP contribution in [0.4, 0.5) is 10.5 Å². The van der Waals surface area contributed by atoms with Crippen LogP contribution in [0.15, 0.2) is 24.3 Å². The average molecular weight is 361 g/mol. The Kier molecular flexibility index (Phi) is 5.97. The third-order valence-corrected chi connectivity index (χ3v) is 3.87. The van der Waals surface area contributed by atoms with Gasteiger partial charge in [-0.2, -0.15) is 0 Å². The van der Waals surface area contributed by atoms with Crippen LogP contribution in [0.3, 0.4) is 0 Å². The maximum Gasteiger partial charge on any atom is 0.325 e. The second-order valence-corrected chi connectivity index (χ2v) is 6.69. The monoisotopic (exact) mass is 361 g/mol. The molecule has 1 aliphatic rings. The van der Waals surface area contributed by atoms with Crippen LogP contribution in [0.1, 0.15) is 32.3 Å². The molecule has 8 heteroatoms. The van der Waals surface area contributed by atoms with Gasteiger partial charge in [-0.1, -0.05) is 12.1 Å². The van der Waals surface area contributed by atoms with Crippen molar-refractivity contribution in [3.63, 3.8) is 0 Å². The normalized spacial score (nSPS) is 15.6. The number of imide groups is 1. The number of anilines is 1. The largest absolute Gasteiger partial charge is 0.456 e. The van der Waals surface area contributed by atoms with Crippen molar-refractivity contribution in [1.29, 1.82) is 0 Å². The molecule has 0 saturated carbocycles. The van der Waals surface area contributed by atoms with Crippen LogP contribution in [0.5, 0.6) is 0 Å². The molecule has 0 radical (unpaired) electrons. The number of rotatable bonds is 7. The van der Waals surface area contributed by atoms with Gasteiger partial charge in [-0.05, 0) is 44.9 Å². The standard InChI is InChI=1S/C18H23N3O5/c1-12-6-4-7-13(10-12)19-14(22)11-26-15(23)8-5-9-21-16(24)18(2,3)20-17(21)25/h4,6-7,10H,5,8-9,11H2,1-3H3,(H,19,22)(H,20,25). The summed E-state index contributed by atoms with van der Waals surface area (Å²) >= 11 is 0. The molecule has 26 heavy (non-hydrogen) atoms. The maximum absolute atomic E-state index is 12.0. The Morgan fingerprint density at radius 2 is 2.00 bits per heavy atom. The number of nitrogens with zero attached hydrogens (tertiary/aromatic N) is 1. The van der Waals surface area contributed by atoms with Crippen molar-refractivity contribution < 1.29 is 23.9 Å². The highest BCUT2D eigenvalue weighted by Gasteiger charge is 2.43. The molecule has 1 aliphatic heterocycles. The first kappa shape index (κ1) is 19.4. The number of nitrogens with one attached hydrogen (secondary N) is 2. The van der Waals surface area contributed by atoms with Crippen molar-refractivity contribution in [2.24, 2.45) is 0 Å². The summed E-state index contributed by atoms with van der Waals surface area (Å²) in [6.07, 6.45) is 0.281. The molecule has 2 rings (SSSR count). The topological polar surface area (TPSA) is 105 Å². The Labute approximate surface area is 151 Å². The molecule has 1 aromatic carbocycles. The molecular weight excluding hydrogens is 338 g/mol. The second-order valence-electron chi connectivity index (χ2n) is 6.69. The summed E-state index contributed by atoms with van der Waals surface area (Å²) in [6, 6.07) is 6.80. The molecule has 1 heterocycles. The SMILES string of the molecule is Cc1cccc(NC(=O)COC(=O)CCCN2C(=O)NC(C)(C)C2=O)c1. The highest BCUT2D eigenvalue weighted by Crippen LogP contribution is 2.17. The number of aryl methyl sites for hydroxylation is 1. The van der Waals surface area contributed by atoms with E-state index in [4.69, 9.17) is 4.74 Å². The zero-order valence-electron chi connectivity index (χ0n) is 15.1. The van der Waals surface area contributed by atoms with Crippen LogP contribution in [0.25, 0.3) is 0 Å². The van der Waals surface area contributed by atoms with Crippen LogP contribution in [-0.4, -0.2) is 47.4 Å². The van der Waals surface area contributed by atoms with Crippen molar-refractivity contribution in [3.8, 4) is 0 Å². The molecule has 0 bridgehead atoms. The van der Waals surface area contributed by atoms with Crippen LogP contribution in [0.2, 0.25) is 0 Å². The predicted octanol–water partition coefficient (Wildman–Crippen LogP) is 1.59. The van der Waals surface area contributed by atoms with Crippen molar-refractivity contribution in [2.45, 2.75) is 39.2 Å². The predicted molar refractivity (Wildman–Crippen MR) is 94.3 cm³/mol. The molecule has 0 aliphatic carbocycles. The molecule has 4 amide bonds. The van der Waals surface area contributed by atoms with E-state index in [9.17, 15) is 19.2 Å². The van der Waals surface area contributed by atoms with Gasteiger partial charge in [0.05, 0.1) is 0 Å². The van der Waals surface area contributed by atoms with Crippen molar-refractivity contribution in [3.05, 3.63) is 29.8 Å². The Morgan fingerprint density at radius 3 is 2.62 bits per heavy atom. The fraction of sp³-hybridized carbons (Fsp3) is 0.444. The van der Waals surface area contributed by atoms with Gasteiger partial charge in [0.25, 0.3) is 11.8 Å². The lowest BCUT2D eigenvalue weighted by Gasteiger charge is -2.15. The zero-order valence-corrected chi connectivity index (χ0v) is 15.1. The molecule has 0 atom stereocenters. The number of carbonyl (C=O) groups is 4. The lowest BCUT2D eigenvalue weighted by molar-refractivity contribution is -0.147. The average Bonchev–Trinajstić information content (AvgIpc) is 2.74. The van der Waals surface area contributed by atoms with E-state index < -0.39 is 23.4 Å². The second kappa shape index (κ2) is 7.99. The van der Waals surface area contributed by atoms with E-state index >= 15 is 0 Å². The third kappa shape index (κ3) is 5.05. The number of amides is 4. The van der Waals surface area contributed by atoms with Crippen molar-refractivity contribution >= 4 is 29.5 Å². The fourth-order valence-electron chi connectivity index (χ4n) is 2.54. The number of benzene rings is 1. The fourth-order valence-corrected chi connectivity index (χ4v) is 2.54. The van der Waals surface area contributed by atoms with E-state index in [1.54, 1.807) is 26.0 Å². The van der Waals surface area contributed by atoms with Crippen molar-refractivity contribution in [2.75, 3.05) is 18.5 Å². The minimum Gasteiger partial charge on any atom is -0.456 e. The first-order chi connectivity index (χ1) is 12.2. The Hall–Kier alpha value is -2.90. The van der Waals surface area contributed by atoms with E-state index in [2.05, 4.69) is 10.6 Å². The van der Waals surface area contributed by atoms with Crippen molar-refractivity contribution in [1.82, 2.24) is 10.2 Å². The van der Waals surface area contributed by atoms with Gasteiger partial charge < -0.3 is 15.4 Å². The van der Waals surface area contributed by atoms with E-state index in [-0.39, 0.29) is 31.9 Å². The summed E-state index contributed by atoms with van der Waals surface area (Å²) in [6.45, 7) is 4.88. The first-order valence-electron chi connectivity index (χ1n) is 8.35. The minimum atomic E-state index is -0.925. The summed E-state index contributed by atoms with van der Waals surface area (Å²) in [5, 5.41) is 5.20. The summed E-state index contributed by atoms with van der Waals surface area (Å²) in [4.78, 5) is 48.3. The quantitative estimate of drug-likeness (QED) is 0.567. The third-order valence-electron chi connectivity index (χ3n) is 3.87. The zero-order chi connectivity index (χ0) is 19.3. The van der Waals surface area contributed by atoms with Gasteiger partial charge >= 0.3 is 12.0 Å². The van der Waals surface area contributed by atoms with Gasteiger partial charge in [-0.3, -0.25) is 19.3 Å². The molecular formula is C18H23N3O5. The minimum absolute atomic E-state index is 0.00914. The van der Waals surface area contributed by atoms with Crippen LogP contribution in [0, 0.1) is 6.92 Å². The number of carbonyl (C=O) groups excluding carboxylic acids is 4. The number of hydrogen-bond donors (Lipinski definition) is 2. The van der Waals surface area contributed by atoms with E-state index in [0.29, 0.717) is 5.69 Å². The summed E-state index contributed by atoms with van der Waals surface area (Å²) in [5.41, 5.74) is 0.710. The first-order valence-corrected chi connectivity index (χ1v) is 8.35. The van der Waals surface area contributed by atoms with Crippen LogP contribution in [-0.2, 0) is 19.1 Å². The maximum atomic E-state index is 12.0. The Bertz CT molecular complexity index is 729. The van der Waals surface area contributed by atoms with Gasteiger partial charge in [0.1, 0.15) is 5.54 Å². The molecule has 0 spiro atoms. The number of esters is 1. The highest BCUT2D eigenvalue weighted by atomic mass is 16.5. The number of ether oxygens (including phenoxy) is 1. The Morgan fingerprint density at radius 1 is 1.27 bits per heavy atom. The smallest absolute Gasteiger partial charge is 0.325 e. The number of hydrogen-bond acceptors (Lipinski definition) is 5. The summed E-state index contributed by atoms with van der Waals surface area (Å²) < 4.78 is 4.91. The van der Waals surface area contributed by atoms with Gasteiger partial charge in [0.2, 0.25) is 0 Å². The van der Waals surface area contributed by atoms with Crippen LogP contribution < -0.4 is 10.6 Å².